The summed E-state index contributed by atoms with van der Waals surface area (Å²) in [6.45, 7) is 3.85. The molecule has 2 aromatic carbocycles. The van der Waals surface area contributed by atoms with E-state index in [2.05, 4.69) is 10.6 Å². The molecular formula is C19H20N2O4S2. The van der Waals surface area contributed by atoms with Crippen LogP contribution < -0.4 is 10.6 Å². The van der Waals surface area contributed by atoms with Crippen LogP contribution in [0.4, 0.5) is 11.4 Å². The minimum absolute atomic E-state index is 0.100. The Labute approximate surface area is 162 Å². The Bertz CT molecular complexity index is 1020. The van der Waals surface area contributed by atoms with Gasteiger partial charge >= 0.3 is 0 Å². The molecule has 1 heterocycles. The van der Waals surface area contributed by atoms with Crippen molar-refractivity contribution >= 4 is 44.8 Å². The molecule has 0 bridgehead atoms. The largest absolute Gasteiger partial charge is 0.326 e. The van der Waals surface area contributed by atoms with Gasteiger partial charge in [0.25, 0.3) is 0 Å². The summed E-state index contributed by atoms with van der Waals surface area (Å²) in [6.07, 6.45) is -0.145. The van der Waals surface area contributed by atoms with Gasteiger partial charge in [-0.05, 0) is 43.7 Å². The van der Waals surface area contributed by atoms with E-state index in [9.17, 15) is 18.0 Å². The van der Waals surface area contributed by atoms with Crippen molar-refractivity contribution in [3.8, 4) is 0 Å². The lowest BCUT2D eigenvalue weighted by Gasteiger charge is -2.17. The molecule has 0 atom stereocenters. The highest BCUT2D eigenvalue weighted by molar-refractivity contribution is 8.00. The Kier molecular flexibility index (Phi) is 5.57. The van der Waals surface area contributed by atoms with Crippen molar-refractivity contribution in [3.63, 3.8) is 0 Å². The van der Waals surface area contributed by atoms with Crippen molar-refractivity contribution < 1.29 is 18.0 Å². The van der Waals surface area contributed by atoms with Crippen molar-refractivity contribution in [1.29, 1.82) is 0 Å². The van der Waals surface area contributed by atoms with Crippen LogP contribution in [0.1, 0.15) is 17.5 Å². The molecule has 1 aliphatic rings. The lowest BCUT2D eigenvalue weighted by Crippen LogP contribution is -2.20. The topological polar surface area (TPSA) is 92.3 Å². The number of sulfone groups is 1. The maximum Gasteiger partial charge on any atom is 0.234 e. The average Bonchev–Trinajstić information content (AvgIpc) is 2.62. The van der Waals surface area contributed by atoms with Gasteiger partial charge in [-0.2, -0.15) is 0 Å². The Balaban J connectivity index is 1.67. The predicted molar refractivity (Wildman–Crippen MR) is 107 cm³/mol. The normalized spacial score (nSPS) is 13.6. The number of amides is 2. The monoisotopic (exact) mass is 404 g/mol. The number of benzene rings is 2. The molecule has 1 aliphatic heterocycles. The first-order valence-electron chi connectivity index (χ1n) is 8.41. The zero-order chi connectivity index (χ0) is 19.6. The standard InChI is InChI=1S/C19H20N2O4S2/c1-12-3-5-15(13(2)9-12)20-18(22)7-8-27(24,25)14-4-6-17-16(10-14)21-19(23)11-26-17/h3-6,9-10H,7-8,11H2,1-2H3,(H,20,22)(H,21,23). The Morgan fingerprint density at radius 1 is 1.19 bits per heavy atom. The summed E-state index contributed by atoms with van der Waals surface area (Å²) >= 11 is 1.37. The number of aryl methyl sites for hydroxylation is 2. The molecule has 0 fully saturated rings. The number of hydrogen-bond acceptors (Lipinski definition) is 5. The average molecular weight is 405 g/mol. The molecule has 6 nitrogen and oxygen atoms in total. The van der Waals surface area contributed by atoms with Crippen LogP contribution in [0, 0.1) is 13.8 Å². The number of hydrogen-bond donors (Lipinski definition) is 2. The van der Waals surface area contributed by atoms with Crippen molar-refractivity contribution in [2.75, 3.05) is 22.1 Å². The summed E-state index contributed by atoms with van der Waals surface area (Å²) in [5, 5.41) is 5.43. The minimum Gasteiger partial charge on any atom is -0.326 e. The second kappa shape index (κ2) is 7.74. The van der Waals surface area contributed by atoms with Crippen molar-refractivity contribution in [2.24, 2.45) is 0 Å². The molecule has 2 aromatic rings. The zero-order valence-electron chi connectivity index (χ0n) is 15.0. The van der Waals surface area contributed by atoms with E-state index in [0.717, 1.165) is 16.0 Å². The Morgan fingerprint density at radius 3 is 2.70 bits per heavy atom. The number of carbonyl (C=O) groups is 2. The van der Waals surface area contributed by atoms with Crippen LogP contribution in [-0.2, 0) is 19.4 Å². The summed E-state index contributed by atoms with van der Waals surface area (Å²) < 4.78 is 25.1. The van der Waals surface area contributed by atoms with E-state index in [0.29, 0.717) is 17.1 Å². The van der Waals surface area contributed by atoms with Crippen LogP contribution in [0.25, 0.3) is 0 Å². The van der Waals surface area contributed by atoms with Gasteiger partial charge in [0, 0.05) is 17.0 Å². The van der Waals surface area contributed by atoms with Gasteiger partial charge in [0.05, 0.1) is 22.1 Å². The van der Waals surface area contributed by atoms with E-state index < -0.39 is 9.84 Å². The number of anilines is 2. The van der Waals surface area contributed by atoms with Gasteiger partial charge in [0.2, 0.25) is 11.8 Å². The number of thioether (sulfide) groups is 1. The first kappa shape index (κ1) is 19.4. The van der Waals surface area contributed by atoms with E-state index in [4.69, 9.17) is 0 Å². The van der Waals surface area contributed by atoms with Gasteiger partial charge in [0.1, 0.15) is 0 Å². The van der Waals surface area contributed by atoms with Gasteiger partial charge in [-0.1, -0.05) is 17.7 Å². The highest BCUT2D eigenvalue weighted by Gasteiger charge is 2.21. The Hall–Kier alpha value is -2.32. The van der Waals surface area contributed by atoms with E-state index in [1.165, 1.54) is 23.9 Å². The molecule has 27 heavy (non-hydrogen) atoms. The third-order valence-electron chi connectivity index (χ3n) is 4.20. The second-order valence-corrected chi connectivity index (χ2v) is 9.56. The quantitative estimate of drug-likeness (QED) is 0.799. The number of fused-ring (bicyclic) bond motifs is 1. The van der Waals surface area contributed by atoms with Gasteiger partial charge in [-0.15, -0.1) is 11.8 Å². The fourth-order valence-corrected chi connectivity index (χ4v) is 4.82. The van der Waals surface area contributed by atoms with Gasteiger partial charge < -0.3 is 10.6 Å². The van der Waals surface area contributed by atoms with E-state index in [1.54, 1.807) is 12.1 Å². The number of carbonyl (C=O) groups excluding carboxylic acids is 2. The maximum absolute atomic E-state index is 12.6. The van der Waals surface area contributed by atoms with E-state index in [1.807, 2.05) is 26.0 Å². The molecule has 0 spiro atoms. The molecule has 0 saturated carbocycles. The smallest absolute Gasteiger partial charge is 0.234 e. The molecule has 2 N–H and O–H groups in total. The first-order valence-corrected chi connectivity index (χ1v) is 11.0. The molecule has 0 aromatic heterocycles. The lowest BCUT2D eigenvalue weighted by molar-refractivity contribution is -0.116. The van der Waals surface area contributed by atoms with Crippen LogP contribution in [-0.4, -0.2) is 31.7 Å². The second-order valence-electron chi connectivity index (χ2n) is 6.43. The predicted octanol–water partition coefficient (Wildman–Crippen LogP) is 3.15. The minimum atomic E-state index is -3.64. The molecule has 0 aliphatic carbocycles. The van der Waals surface area contributed by atoms with Crippen molar-refractivity contribution in [1.82, 2.24) is 0 Å². The van der Waals surface area contributed by atoms with Crippen LogP contribution in [0.3, 0.4) is 0 Å². The van der Waals surface area contributed by atoms with Crippen LogP contribution in [0.2, 0.25) is 0 Å². The summed E-state index contributed by atoms with van der Waals surface area (Å²) in [4.78, 5) is 24.6. The van der Waals surface area contributed by atoms with Crippen LogP contribution in [0.5, 0.6) is 0 Å². The molecule has 0 saturated heterocycles. The van der Waals surface area contributed by atoms with Crippen molar-refractivity contribution in [3.05, 3.63) is 47.5 Å². The molecule has 8 heteroatoms. The summed E-state index contributed by atoms with van der Waals surface area (Å²) in [7, 11) is -3.64. The molecule has 142 valence electrons. The fraction of sp³-hybridized carbons (Fsp3) is 0.263. The first-order chi connectivity index (χ1) is 12.7. The fourth-order valence-electron chi connectivity index (χ4n) is 2.77. The maximum atomic E-state index is 12.6. The summed E-state index contributed by atoms with van der Waals surface area (Å²) in [5.41, 5.74) is 3.19. The lowest BCUT2D eigenvalue weighted by atomic mass is 10.1. The summed E-state index contributed by atoms with van der Waals surface area (Å²) in [5.74, 6) is -0.497. The van der Waals surface area contributed by atoms with E-state index >= 15 is 0 Å². The molecule has 2 amide bonds. The molecule has 3 rings (SSSR count). The van der Waals surface area contributed by atoms with Crippen LogP contribution >= 0.6 is 11.8 Å². The van der Waals surface area contributed by atoms with Gasteiger partial charge in [-0.3, -0.25) is 9.59 Å². The highest BCUT2D eigenvalue weighted by atomic mass is 32.2. The van der Waals surface area contributed by atoms with Gasteiger partial charge in [0.15, 0.2) is 9.84 Å². The van der Waals surface area contributed by atoms with Crippen LogP contribution in [0.15, 0.2) is 46.2 Å². The number of rotatable bonds is 5. The third-order valence-corrected chi connectivity index (χ3v) is 6.98. The number of nitrogens with one attached hydrogen (secondary N) is 2. The Morgan fingerprint density at radius 2 is 1.96 bits per heavy atom. The van der Waals surface area contributed by atoms with E-state index in [-0.39, 0.29) is 28.9 Å². The highest BCUT2D eigenvalue weighted by Crippen LogP contribution is 2.33. The van der Waals surface area contributed by atoms with Crippen molar-refractivity contribution in [2.45, 2.75) is 30.1 Å². The molecule has 0 unspecified atom stereocenters. The molecule has 0 radical (unpaired) electrons. The molecular weight excluding hydrogens is 384 g/mol. The zero-order valence-corrected chi connectivity index (χ0v) is 16.7. The SMILES string of the molecule is Cc1ccc(NC(=O)CCS(=O)(=O)c2ccc3c(c2)NC(=O)CS3)c(C)c1. The van der Waals surface area contributed by atoms with Gasteiger partial charge in [-0.25, -0.2) is 8.42 Å². The summed E-state index contributed by atoms with van der Waals surface area (Å²) in [6, 6.07) is 10.3. The third kappa shape index (κ3) is 4.70.